The maximum Gasteiger partial charge on any atom is 0.372 e. The van der Waals surface area contributed by atoms with Crippen molar-refractivity contribution in [2.75, 3.05) is 13.2 Å². The van der Waals surface area contributed by atoms with Crippen LogP contribution in [-0.4, -0.2) is 19.2 Å². The first-order valence-electron chi connectivity index (χ1n) is 8.09. The molecule has 4 fully saturated rings. The third kappa shape index (κ3) is 2.72. The van der Waals surface area contributed by atoms with Gasteiger partial charge >= 0.3 is 5.97 Å². The predicted octanol–water partition coefficient (Wildman–Crippen LogP) is 3.69. The largest absolute Gasteiger partial charge is 0.486 e. The zero-order valence-electron chi connectivity index (χ0n) is 12.5. The fraction of sp³-hybridized carbons (Fsp3) is 0.824. The van der Waals surface area contributed by atoms with Crippen LogP contribution in [0.5, 0.6) is 0 Å². The summed E-state index contributed by atoms with van der Waals surface area (Å²) in [6, 6.07) is 0. The van der Waals surface area contributed by atoms with Crippen molar-refractivity contribution in [2.24, 2.45) is 23.2 Å². The number of hydrogen-bond acceptors (Lipinski definition) is 3. The van der Waals surface area contributed by atoms with Crippen LogP contribution in [0.1, 0.15) is 51.9 Å². The van der Waals surface area contributed by atoms with Crippen molar-refractivity contribution in [3.63, 3.8) is 0 Å². The van der Waals surface area contributed by atoms with Gasteiger partial charge in [0.25, 0.3) is 0 Å². The topological polar surface area (TPSA) is 35.5 Å². The lowest BCUT2D eigenvalue weighted by Crippen LogP contribution is -2.48. The molecule has 0 heterocycles. The Morgan fingerprint density at radius 1 is 1.10 bits per heavy atom. The van der Waals surface area contributed by atoms with Gasteiger partial charge in [0, 0.05) is 5.41 Å². The number of ether oxygens (including phenoxy) is 2. The van der Waals surface area contributed by atoms with E-state index in [1.54, 1.807) is 0 Å². The first-order chi connectivity index (χ1) is 9.60. The smallest absolute Gasteiger partial charge is 0.372 e. The minimum atomic E-state index is -0.392. The molecule has 4 aliphatic rings. The zero-order chi connectivity index (χ0) is 14.2. The molecule has 20 heavy (non-hydrogen) atoms. The quantitative estimate of drug-likeness (QED) is 0.422. The summed E-state index contributed by atoms with van der Waals surface area (Å²) in [5, 5.41) is 0. The standard InChI is InChI=1S/C17H26O3/c1-3-4-19-16(18)12(2)20-11-17-8-13-5-14(9-17)7-15(6-13)10-17/h13-15H,2-11H2,1H3. The fourth-order valence-corrected chi connectivity index (χ4v) is 5.04. The minimum Gasteiger partial charge on any atom is -0.486 e. The van der Waals surface area contributed by atoms with Gasteiger partial charge in [0.15, 0.2) is 5.76 Å². The van der Waals surface area contributed by atoms with E-state index in [-0.39, 0.29) is 5.76 Å². The van der Waals surface area contributed by atoms with Crippen LogP contribution in [0.2, 0.25) is 0 Å². The molecule has 0 unspecified atom stereocenters. The van der Waals surface area contributed by atoms with Crippen molar-refractivity contribution >= 4 is 5.97 Å². The van der Waals surface area contributed by atoms with Crippen LogP contribution >= 0.6 is 0 Å². The molecule has 0 amide bonds. The summed E-state index contributed by atoms with van der Waals surface area (Å²) in [6.45, 7) is 6.81. The van der Waals surface area contributed by atoms with Crippen molar-refractivity contribution in [1.82, 2.24) is 0 Å². The molecule has 0 aromatic heterocycles. The highest BCUT2D eigenvalue weighted by atomic mass is 16.6. The monoisotopic (exact) mass is 278 g/mol. The Morgan fingerprint density at radius 3 is 2.15 bits per heavy atom. The number of hydrogen-bond donors (Lipinski definition) is 0. The van der Waals surface area contributed by atoms with E-state index in [0.29, 0.717) is 18.6 Å². The Bertz CT molecular complexity index is 364. The second-order valence-electron chi connectivity index (χ2n) is 7.27. The van der Waals surface area contributed by atoms with E-state index in [2.05, 4.69) is 6.58 Å². The lowest BCUT2D eigenvalue weighted by atomic mass is 9.50. The Hall–Kier alpha value is -0.990. The van der Waals surface area contributed by atoms with Crippen molar-refractivity contribution in [1.29, 1.82) is 0 Å². The van der Waals surface area contributed by atoms with Crippen molar-refractivity contribution < 1.29 is 14.3 Å². The second kappa shape index (κ2) is 5.42. The van der Waals surface area contributed by atoms with E-state index in [1.165, 1.54) is 38.5 Å². The molecule has 0 atom stereocenters. The number of rotatable bonds is 6. The van der Waals surface area contributed by atoms with Crippen molar-refractivity contribution in [3.8, 4) is 0 Å². The predicted molar refractivity (Wildman–Crippen MR) is 76.9 cm³/mol. The van der Waals surface area contributed by atoms with Crippen LogP contribution in [0, 0.1) is 23.2 Å². The third-order valence-electron chi connectivity index (χ3n) is 5.38. The molecule has 0 aromatic rings. The SMILES string of the molecule is C=C(OCC12CC3CC(CC(C3)C1)C2)C(=O)OCCC. The maximum absolute atomic E-state index is 11.7. The first-order valence-corrected chi connectivity index (χ1v) is 8.09. The number of esters is 1. The third-order valence-corrected chi connectivity index (χ3v) is 5.38. The van der Waals surface area contributed by atoms with Gasteiger partial charge in [-0.3, -0.25) is 0 Å². The Kier molecular flexibility index (Phi) is 3.78. The molecule has 0 N–H and O–H groups in total. The van der Waals surface area contributed by atoms with Gasteiger partial charge in [0.05, 0.1) is 13.2 Å². The summed E-state index contributed by atoms with van der Waals surface area (Å²) in [5.41, 5.74) is 0.322. The van der Waals surface area contributed by atoms with E-state index in [0.717, 1.165) is 24.2 Å². The summed E-state index contributed by atoms with van der Waals surface area (Å²) >= 11 is 0. The van der Waals surface area contributed by atoms with Gasteiger partial charge in [-0.2, -0.15) is 0 Å². The van der Waals surface area contributed by atoms with Gasteiger partial charge in [-0.25, -0.2) is 4.79 Å². The number of carbonyl (C=O) groups excluding carboxylic acids is 1. The van der Waals surface area contributed by atoms with Crippen molar-refractivity contribution in [2.45, 2.75) is 51.9 Å². The highest BCUT2D eigenvalue weighted by Gasteiger charge is 2.51. The summed E-state index contributed by atoms with van der Waals surface area (Å²) < 4.78 is 10.8. The number of carbonyl (C=O) groups is 1. The normalized spacial score (nSPS) is 37.8. The molecule has 4 aliphatic carbocycles. The van der Waals surface area contributed by atoms with Gasteiger partial charge in [-0.15, -0.1) is 0 Å². The van der Waals surface area contributed by atoms with Gasteiger partial charge in [-0.1, -0.05) is 6.92 Å². The summed E-state index contributed by atoms with van der Waals surface area (Å²) in [4.78, 5) is 11.7. The molecule has 0 aliphatic heterocycles. The Balaban J connectivity index is 1.53. The summed E-state index contributed by atoms with van der Waals surface area (Å²) in [6.07, 6.45) is 8.98. The van der Waals surface area contributed by atoms with Crippen LogP contribution < -0.4 is 0 Å². The lowest BCUT2D eigenvalue weighted by molar-refractivity contribution is -0.145. The van der Waals surface area contributed by atoms with Crippen LogP contribution in [0.25, 0.3) is 0 Å². The first kappa shape index (κ1) is 14.0. The van der Waals surface area contributed by atoms with Crippen LogP contribution in [0.15, 0.2) is 12.3 Å². The average molecular weight is 278 g/mol. The zero-order valence-corrected chi connectivity index (χ0v) is 12.5. The second-order valence-corrected chi connectivity index (χ2v) is 7.27. The molecule has 4 bridgehead atoms. The minimum absolute atomic E-state index is 0.189. The molecule has 4 saturated carbocycles. The van der Waals surface area contributed by atoms with Crippen LogP contribution in [-0.2, 0) is 14.3 Å². The average Bonchev–Trinajstić information content (AvgIpc) is 2.40. The van der Waals surface area contributed by atoms with Gasteiger partial charge < -0.3 is 9.47 Å². The molecular weight excluding hydrogens is 252 g/mol. The van der Waals surface area contributed by atoms with E-state index in [9.17, 15) is 4.79 Å². The maximum atomic E-state index is 11.7. The lowest BCUT2D eigenvalue weighted by Gasteiger charge is -2.56. The summed E-state index contributed by atoms with van der Waals surface area (Å²) in [7, 11) is 0. The van der Waals surface area contributed by atoms with Gasteiger partial charge in [-0.05, 0) is 69.3 Å². The highest BCUT2D eigenvalue weighted by molar-refractivity contribution is 5.85. The molecule has 0 saturated heterocycles. The molecular formula is C17H26O3. The molecule has 4 rings (SSSR count). The van der Waals surface area contributed by atoms with Crippen LogP contribution in [0.3, 0.4) is 0 Å². The molecule has 112 valence electrons. The molecule has 0 spiro atoms. The Morgan fingerprint density at radius 2 is 1.65 bits per heavy atom. The summed E-state index contributed by atoms with van der Waals surface area (Å²) in [5.74, 6) is 2.52. The highest BCUT2D eigenvalue weighted by Crippen LogP contribution is 2.60. The molecule has 0 aromatic carbocycles. The van der Waals surface area contributed by atoms with Gasteiger partial charge in [0.2, 0.25) is 0 Å². The molecule has 3 nitrogen and oxygen atoms in total. The van der Waals surface area contributed by atoms with Crippen molar-refractivity contribution in [3.05, 3.63) is 12.3 Å². The fourth-order valence-electron chi connectivity index (χ4n) is 5.04. The van der Waals surface area contributed by atoms with E-state index in [1.807, 2.05) is 6.92 Å². The van der Waals surface area contributed by atoms with Gasteiger partial charge in [0.1, 0.15) is 0 Å². The molecule has 0 radical (unpaired) electrons. The van der Waals surface area contributed by atoms with E-state index >= 15 is 0 Å². The van der Waals surface area contributed by atoms with E-state index < -0.39 is 5.97 Å². The van der Waals surface area contributed by atoms with Crippen LogP contribution in [0.4, 0.5) is 0 Å². The molecule has 3 heteroatoms. The van der Waals surface area contributed by atoms with E-state index in [4.69, 9.17) is 9.47 Å². The Labute approximate surface area is 121 Å².